The molecule has 0 fully saturated rings. The molecule has 0 amide bonds. The first-order valence-electron chi connectivity index (χ1n) is 5.19. The topological polar surface area (TPSA) is 86.7 Å². The van der Waals surface area contributed by atoms with Crippen LogP contribution in [0.15, 0.2) is 41.1 Å². The van der Waals surface area contributed by atoms with E-state index in [1.54, 1.807) is 0 Å². The minimum absolute atomic E-state index is 0.0423. The van der Waals surface area contributed by atoms with Crippen LogP contribution in [0.2, 0.25) is 0 Å². The first-order chi connectivity index (χ1) is 8.74. The second-order valence-corrected chi connectivity index (χ2v) is 7.10. The molecule has 0 N–H and O–H groups in total. The van der Waals surface area contributed by atoms with Crippen LogP contribution in [0.4, 0.5) is 0 Å². The maximum absolute atomic E-state index is 11.4. The molecule has 0 heterocycles. The van der Waals surface area contributed by atoms with Crippen molar-refractivity contribution < 1.29 is 25.8 Å². The minimum Gasteiger partial charge on any atom is -0.491 e. The minimum atomic E-state index is -3.48. The van der Waals surface area contributed by atoms with Crippen molar-refractivity contribution in [1.82, 2.24) is 0 Å². The van der Waals surface area contributed by atoms with Crippen LogP contribution in [0, 0.1) is 0 Å². The number of ether oxygens (including phenoxy) is 1. The Balaban J connectivity index is 2.56. The van der Waals surface area contributed by atoms with Crippen LogP contribution in [0.1, 0.15) is 0 Å². The molecule has 0 bridgehead atoms. The Kier molecular flexibility index (Phi) is 5.10. The molecule has 0 saturated heterocycles. The highest BCUT2D eigenvalue weighted by molar-refractivity contribution is 7.94. The molecule has 0 unspecified atom stereocenters. The van der Waals surface area contributed by atoms with Crippen molar-refractivity contribution in [3.63, 3.8) is 0 Å². The lowest BCUT2D eigenvalue weighted by Crippen LogP contribution is -2.11. The molecule has 106 valence electrons. The Labute approximate surface area is 112 Å². The van der Waals surface area contributed by atoms with Gasteiger partial charge in [0.1, 0.15) is 19.0 Å². The Hall–Kier alpha value is -1.38. The van der Waals surface area contributed by atoms with E-state index in [-0.39, 0.29) is 18.1 Å². The third-order valence-corrected chi connectivity index (χ3v) is 3.98. The van der Waals surface area contributed by atoms with E-state index in [9.17, 15) is 16.8 Å². The van der Waals surface area contributed by atoms with Gasteiger partial charge in [-0.25, -0.2) is 8.42 Å². The molecule has 0 spiro atoms. The van der Waals surface area contributed by atoms with Gasteiger partial charge in [0.15, 0.2) is 9.84 Å². The summed E-state index contributed by atoms with van der Waals surface area (Å²) < 4.78 is 53.9. The average molecular weight is 306 g/mol. The molecule has 1 aromatic rings. The molecule has 19 heavy (non-hydrogen) atoms. The monoisotopic (exact) mass is 306 g/mol. The fourth-order valence-electron chi connectivity index (χ4n) is 1.17. The molecule has 1 aromatic carbocycles. The van der Waals surface area contributed by atoms with Crippen LogP contribution in [0.5, 0.6) is 5.75 Å². The normalized spacial score (nSPS) is 12.1. The third-order valence-electron chi connectivity index (χ3n) is 2.02. The van der Waals surface area contributed by atoms with Gasteiger partial charge in [0.25, 0.3) is 10.1 Å². The van der Waals surface area contributed by atoms with Gasteiger partial charge in [0, 0.05) is 5.41 Å². The van der Waals surface area contributed by atoms with Crippen molar-refractivity contribution in [2.75, 3.05) is 19.5 Å². The summed E-state index contributed by atoms with van der Waals surface area (Å²) in [4.78, 5) is 0.113. The summed E-state index contributed by atoms with van der Waals surface area (Å²) in [5.41, 5.74) is 0. The number of rotatable bonds is 7. The molecule has 0 aromatic heterocycles. The second-order valence-electron chi connectivity index (χ2n) is 3.56. The first-order valence-corrected chi connectivity index (χ1v) is 8.56. The molecule has 0 aliphatic heterocycles. The number of hydrogen-bond donors (Lipinski definition) is 0. The van der Waals surface area contributed by atoms with Gasteiger partial charge < -0.3 is 4.74 Å². The van der Waals surface area contributed by atoms with Crippen LogP contribution in [-0.4, -0.2) is 36.3 Å². The largest absolute Gasteiger partial charge is 0.491 e. The van der Waals surface area contributed by atoms with Crippen LogP contribution in [0.3, 0.4) is 0 Å². The SMILES string of the molecule is C=CS(=O)(=O)c1ccc(OCCOS(C)(=O)=O)cc1. The molecule has 0 radical (unpaired) electrons. The highest BCUT2D eigenvalue weighted by Gasteiger charge is 2.09. The van der Waals surface area contributed by atoms with Gasteiger partial charge in [-0.15, -0.1) is 0 Å². The smallest absolute Gasteiger partial charge is 0.264 e. The van der Waals surface area contributed by atoms with Gasteiger partial charge in [0.05, 0.1) is 11.2 Å². The lowest BCUT2D eigenvalue weighted by molar-refractivity contribution is 0.222. The maximum Gasteiger partial charge on any atom is 0.264 e. The maximum atomic E-state index is 11.4. The van der Waals surface area contributed by atoms with Crippen molar-refractivity contribution in [1.29, 1.82) is 0 Å². The summed E-state index contributed by atoms with van der Waals surface area (Å²) in [7, 11) is -6.93. The predicted octanol–water partition coefficient (Wildman–Crippen LogP) is 0.959. The molecular formula is C11H14O6S2. The van der Waals surface area contributed by atoms with Crippen molar-refractivity contribution in [3.05, 3.63) is 36.3 Å². The van der Waals surface area contributed by atoms with Gasteiger partial charge in [0.2, 0.25) is 0 Å². The summed E-state index contributed by atoms with van der Waals surface area (Å²) >= 11 is 0. The standard InChI is InChI=1S/C11H14O6S2/c1-3-19(14,15)11-6-4-10(5-7-11)16-8-9-17-18(2,12)13/h3-7H,1,8-9H2,2H3. The lowest BCUT2D eigenvalue weighted by atomic mass is 10.3. The van der Waals surface area contributed by atoms with Crippen LogP contribution < -0.4 is 4.74 Å². The van der Waals surface area contributed by atoms with E-state index in [1.807, 2.05) is 0 Å². The van der Waals surface area contributed by atoms with Gasteiger partial charge >= 0.3 is 0 Å². The number of benzene rings is 1. The molecule has 0 atom stereocenters. The molecule has 0 aliphatic rings. The molecule has 0 saturated carbocycles. The Morgan fingerprint density at radius 2 is 1.68 bits per heavy atom. The highest BCUT2D eigenvalue weighted by Crippen LogP contribution is 2.17. The van der Waals surface area contributed by atoms with Crippen molar-refractivity contribution in [2.45, 2.75) is 4.90 Å². The fraction of sp³-hybridized carbons (Fsp3) is 0.273. The van der Waals surface area contributed by atoms with E-state index in [1.165, 1.54) is 24.3 Å². The van der Waals surface area contributed by atoms with Crippen molar-refractivity contribution >= 4 is 20.0 Å². The lowest BCUT2D eigenvalue weighted by Gasteiger charge is -2.06. The number of sulfone groups is 1. The van der Waals surface area contributed by atoms with Gasteiger partial charge in [-0.1, -0.05) is 6.58 Å². The van der Waals surface area contributed by atoms with Gasteiger partial charge in [-0.3, -0.25) is 4.18 Å². The van der Waals surface area contributed by atoms with E-state index in [2.05, 4.69) is 10.8 Å². The quantitative estimate of drug-likeness (QED) is 0.551. The summed E-state index contributed by atoms with van der Waals surface area (Å²) in [5, 5.41) is 0.864. The van der Waals surface area contributed by atoms with E-state index in [0.29, 0.717) is 5.75 Å². The summed E-state index contributed by atoms with van der Waals surface area (Å²) in [6.07, 6.45) is 0.946. The van der Waals surface area contributed by atoms with Crippen LogP contribution in [0.25, 0.3) is 0 Å². The predicted molar refractivity (Wildman–Crippen MR) is 70.1 cm³/mol. The second kappa shape index (κ2) is 6.18. The van der Waals surface area contributed by atoms with Crippen molar-refractivity contribution in [3.8, 4) is 5.75 Å². The Morgan fingerprint density at radius 1 is 1.11 bits per heavy atom. The molecule has 6 nitrogen and oxygen atoms in total. The number of hydrogen-bond acceptors (Lipinski definition) is 6. The Morgan fingerprint density at radius 3 is 2.16 bits per heavy atom. The van der Waals surface area contributed by atoms with Crippen LogP contribution >= 0.6 is 0 Å². The molecular weight excluding hydrogens is 292 g/mol. The van der Waals surface area contributed by atoms with E-state index in [4.69, 9.17) is 4.74 Å². The van der Waals surface area contributed by atoms with E-state index >= 15 is 0 Å². The highest BCUT2D eigenvalue weighted by atomic mass is 32.2. The molecule has 0 aliphatic carbocycles. The fourth-order valence-corrected chi connectivity index (χ4v) is 2.25. The average Bonchev–Trinajstić information content (AvgIpc) is 2.34. The zero-order valence-corrected chi connectivity index (χ0v) is 11.9. The summed E-state index contributed by atoms with van der Waals surface area (Å²) in [6.45, 7) is 3.16. The summed E-state index contributed by atoms with van der Waals surface area (Å²) in [6, 6.07) is 5.70. The first kappa shape index (κ1) is 15.7. The molecule has 1 rings (SSSR count). The van der Waals surface area contributed by atoms with E-state index in [0.717, 1.165) is 11.7 Å². The van der Waals surface area contributed by atoms with Gasteiger partial charge in [-0.2, -0.15) is 8.42 Å². The zero-order valence-electron chi connectivity index (χ0n) is 10.3. The Bertz CT molecular complexity index is 628. The van der Waals surface area contributed by atoms with Gasteiger partial charge in [-0.05, 0) is 24.3 Å². The molecule has 8 heteroatoms. The third kappa shape index (κ3) is 5.41. The van der Waals surface area contributed by atoms with E-state index < -0.39 is 20.0 Å². The zero-order chi connectivity index (χ0) is 14.5. The van der Waals surface area contributed by atoms with Crippen molar-refractivity contribution in [2.24, 2.45) is 0 Å². The van der Waals surface area contributed by atoms with Crippen LogP contribution in [-0.2, 0) is 24.1 Å². The summed E-state index contributed by atoms with van der Waals surface area (Å²) in [5.74, 6) is 0.417.